The van der Waals surface area contributed by atoms with Crippen molar-refractivity contribution in [3.63, 3.8) is 0 Å². The number of anilines is 1. The Labute approximate surface area is 171 Å². The first-order valence-electron chi connectivity index (χ1n) is 9.28. The minimum Gasteiger partial charge on any atom is -0.366 e. The second-order valence-corrected chi connectivity index (χ2v) is 7.83. The first-order chi connectivity index (χ1) is 14.0. The number of thiophene rings is 1. The van der Waals surface area contributed by atoms with Crippen LogP contribution in [0.5, 0.6) is 0 Å². The summed E-state index contributed by atoms with van der Waals surface area (Å²) in [5.74, 6) is -0.800. The zero-order valence-corrected chi connectivity index (χ0v) is 16.5. The van der Waals surface area contributed by atoms with Crippen LogP contribution in [0, 0.1) is 0 Å². The van der Waals surface area contributed by atoms with E-state index in [4.69, 9.17) is 5.73 Å². The number of fused-ring (bicyclic) bond motifs is 1. The van der Waals surface area contributed by atoms with E-state index in [0.717, 1.165) is 10.9 Å². The van der Waals surface area contributed by atoms with E-state index in [1.54, 1.807) is 16.3 Å². The Morgan fingerprint density at radius 2 is 1.86 bits per heavy atom. The molecule has 150 valence electrons. The molecule has 29 heavy (non-hydrogen) atoms. The van der Waals surface area contributed by atoms with Crippen molar-refractivity contribution in [2.45, 2.75) is 0 Å². The van der Waals surface area contributed by atoms with Crippen molar-refractivity contribution in [3.8, 4) is 0 Å². The number of benzene rings is 1. The average molecular weight is 411 g/mol. The number of hydrogen-bond acceptors (Lipinski definition) is 5. The van der Waals surface area contributed by atoms with Gasteiger partial charge in [-0.25, -0.2) is 0 Å². The van der Waals surface area contributed by atoms with Crippen molar-refractivity contribution >= 4 is 45.0 Å². The van der Waals surface area contributed by atoms with E-state index in [9.17, 15) is 14.4 Å². The Morgan fingerprint density at radius 3 is 2.59 bits per heavy atom. The summed E-state index contributed by atoms with van der Waals surface area (Å²) >= 11 is 1.26. The minimum atomic E-state index is -0.564. The molecule has 1 saturated heterocycles. The van der Waals surface area contributed by atoms with Gasteiger partial charge in [0.25, 0.3) is 11.8 Å². The fraction of sp³-hybridized carbons (Fsp3) is 0.250. The molecule has 0 saturated carbocycles. The summed E-state index contributed by atoms with van der Waals surface area (Å²) < 4.78 is 0. The predicted octanol–water partition coefficient (Wildman–Crippen LogP) is 1.72. The van der Waals surface area contributed by atoms with E-state index in [1.165, 1.54) is 11.3 Å². The van der Waals surface area contributed by atoms with E-state index < -0.39 is 5.91 Å². The quantitative estimate of drug-likeness (QED) is 0.594. The number of nitrogens with two attached hydrogens (primary N) is 1. The van der Waals surface area contributed by atoms with Gasteiger partial charge in [0.1, 0.15) is 10.7 Å². The largest absolute Gasteiger partial charge is 0.366 e. The van der Waals surface area contributed by atoms with Crippen LogP contribution >= 0.6 is 11.3 Å². The van der Waals surface area contributed by atoms with Crippen LogP contribution in [0.25, 0.3) is 10.9 Å². The molecule has 3 aromatic rings. The van der Waals surface area contributed by atoms with Gasteiger partial charge in [-0.15, -0.1) is 11.3 Å². The molecule has 1 aliphatic heterocycles. The number of para-hydroxylation sites is 1. The van der Waals surface area contributed by atoms with E-state index in [-0.39, 0.29) is 18.4 Å². The summed E-state index contributed by atoms with van der Waals surface area (Å²) in [6.07, 6.45) is 0. The molecule has 2 aromatic heterocycles. The Bertz CT molecular complexity index is 1030. The molecular weight excluding hydrogens is 390 g/mol. The molecule has 0 atom stereocenters. The lowest BCUT2D eigenvalue weighted by Gasteiger charge is -2.34. The number of amides is 3. The average Bonchev–Trinajstić information content (AvgIpc) is 3.34. The summed E-state index contributed by atoms with van der Waals surface area (Å²) in [5, 5.41) is 5.93. The van der Waals surface area contributed by atoms with E-state index in [2.05, 4.69) is 10.3 Å². The number of hydrogen-bond donors (Lipinski definition) is 3. The van der Waals surface area contributed by atoms with Gasteiger partial charge in [-0.2, -0.15) is 0 Å². The highest BCUT2D eigenvalue weighted by molar-refractivity contribution is 7.14. The van der Waals surface area contributed by atoms with Crippen LogP contribution in [0.3, 0.4) is 0 Å². The van der Waals surface area contributed by atoms with Gasteiger partial charge < -0.3 is 20.9 Å². The van der Waals surface area contributed by atoms with Crippen molar-refractivity contribution in [2.24, 2.45) is 5.73 Å². The van der Waals surface area contributed by atoms with Gasteiger partial charge in [0, 0.05) is 37.1 Å². The van der Waals surface area contributed by atoms with Crippen molar-refractivity contribution in [2.75, 3.05) is 38.0 Å². The zero-order valence-electron chi connectivity index (χ0n) is 15.7. The Hall–Kier alpha value is -3.17. The fourth-order valence-electron chi connectivity index (χ4n) is 3.44. The van der Waals surface area contributed by atoms with E-state index in [1.807, 2.05) is 35.2 Å². The molecule has 9 heteroatoms. The maximum Gasteiger partial charge on any atom is 0.270 e. The molecule has 0 bridgehead atoms. The molecule has 1 aromatic carbocycles. The van der Waals surface area contributed by atoms with E-state index in [0.29, 0.717) is 42.4 Å². The molecular formula is C20H21N5O3S. The number of carbonyl (C=O) groups is 3. The number of nitrogens with zero attached hydrogens (tertiary/aromatic N) is 2. The Morgan fingerprint density at radius 1 is 1.10 bits per heavy atom. The van der Waals surface area contributed by atoms with Gasteiger partial charge >= 0.3 is 0 Å². The van der Waals surface area contributed by atoms with Crippen LogP contribution in [0.1, 0.15) is 20.8 Å². The summed E-state index contributed by atoms with van der Waals surface area (Å²) in [5.41, 5.74) is 7.14. The fourth-order valence-corrected chi connectivity index (χ4v) is 4.25. The van der Waals surface area contributed by atoms with Crippen molar-refractivity contribution < 1.29 is 14.4 Å². The third-order valence-electron chi connectivity index (χ3n) is 4.97. The molecule has 8 nitrogen and oxygen atoms in total. The predicted molar refractivity (Wildman–Crippen MR) is 112 cm³/mol. The molecule has 0 unspecified atom stereocenters. The lowest BCUT2D eigenvalue weighted by molar-refractivity contribution is -0.117. The van der Waals surface area contributed by atoms with Crippen LogP contribution in [-0.2, 0) is 4.79 Å². The number of H-pyrrole nitrogens is 1. The van der Waals surface area contributed by atoms with Gasteiger partial charge in [-0.1, -0.05) is 18.2 Å². The maximum atomic E-state index is 12.8. The van der Waals surface area contributed by atoms with Gasteiger partial charge in [0.05, 0.1) is 12.1 Å². The first-order valence-corrected chi connectivity index (χ1v) is 10.2. The number of primary amides is 1. The molecule has 3 heterocycles. The van der Waals surface area contributed by atoms with Gasteiger partial charge in [0.15, 0.2) is 0 Å². The highest BCUT2D eigenvalue weighted by atomic mass is 32.1. The molecule has 4 rings (SSSR count). The highest BCUT2D eigenvalue weighted by Crippen LogP contribution is 2.22. The van der Waals surface area contributed by atoms with E-state index >= 15 is 0 Å². The zero-order chi connectivity index (χ0) is 20.4. The molecule has 0 radical (unpaired) electrons. The first kappa shape index (κ1) is 19.2. The summed E-state index contributed by atoms with van der Waals surface area (Å²) in [6.45, 7) is 2.50. The molecule has 0 aliphatic carbocycles. The standard InChI is InChI=1S/C20H21N5O3S/c21-18(27)14-5-10-29-19(14)23-17(26)12-24-6-8-25(9-7-24)20(28)16-11-13-3-1-2-4-15(13)22-16/h1-5,10-11,22H,6-9,12H2,(H2,21,27)(H,23,26). The maximum absolute atomic E-state index is 12.8. The Balaban J connectivity index is 1.31. The van der Waals surface area contributed by atoms with Crippen LogP contribution in [0.4, 0.5) is 5.00 Å². The SMILES string of the molecule is NC(=O)c1ccsc1NC(=O)CN1CCN(C(=O)c2cc3ccccc3[nH]2)CC1. The lowest BCUT2D eigenvalue weighted by Crippen LogP contribution is -2.50. The smallest absolute Gasteiger partial charge is 0.270 e. The number of nitrogens with one attached hydrogen (secondary N) is 2. The molecule has 1 fully saturated rings. The number of piperazine rings is 1. The third-order valence-corrected chi connectivity index (χ3v) is 5.80. The van der Waals surface area contributed by atoms with Crippen molar-refractivity contribution in [3.05, 3.63) is 53.0 Å². The second kappa shape index (κ2) is 8.06. The topological polar surface area (TPSA) is 112 Å². The van der Waals surface area contributed by atoms with Crippen LogP contribution in [0.2, 0.25) is 0 Å². The summed E-state index contributed by atoms with van der Waals surface area (Å²) in [7, 11) is 0. The lowest BCUT2D eigenvalue weighted by atomic mass is 10.2. The monoisotopic (exact) mass is 411 g/mol. The number of rotatable bonds is 5. The molecule has 4 N–H and O–H groups in total. The molecule has 0 spiro atoms. The van der Waals surface area contributed by atoms with Crippen LogP contribution < -0.4 is 11.1 Å². The van der Waals surface area contributed by atoms with Crippen molar-refractivity contribution in [1.82, 2.24) is 14.8 Å². The van der Waals surface area contributed by atoms with Gasteiger partial charge in [-0.05, 0) is 23.6 Å². The highest BCUT2D eigenvalue weighted by Gasteiger charge is 2.24. The minimum absolute atomic E-state index is 0.0324. The third kappa shape index (κ3) is 4.15. The molecule has 1 aliphatic rings. The Kier molecular flexibility index (Phi) is 5.32. The summed E-state index contributed by atoms with van der Waals surface area (Å²) in [6, 6.07) is 11.2. The van der Waals surface area contributed by atoms with Crippen LogP contribution in [-0.4, -0.2) is 65.2 Å². The second-order valence-electron chi connectivity index (χ2n) is 6.91. The summed E-state index contributed by atoms with van der Waals surface area (Å²) in [4.78, 5) is 43.4. The van der Waals surface area contributed by atoms with Gasteiger partial charge in [0.2, 0.25) is 5.91 Å². The number of carbonyl (C=O) groups excluding carboxylic acids is 3. The normalized spacial score (nSPS) is 14.8. The number of aromatic nitrogens is 1. The van der Waals surface area contributed by atoms with Gasteiger partial charge in [-0.3, -0.25) is 19.3 Å². The van der Waals surface area contributed by atoms with Crippen molar-refractivity contribution in [1.29, 1.82) is 0 Å². The van der Waals surface area contributed by atoms with Crippen LogP contribution in [0.15, 0.2) is 41.8 Å². The number of aromatic amines is 1. The molecule has 3 amide bonds.